The number of rotatable bonds is 7. The van der Waals surface area contributed by atoms with Crippen LogP contribution in [0.5, 0.6) is 5.75 Å². The number of carbonyl (C=O) groups excluding carboxylic acids is 1. The lowest BCUT2D eigenvalue weighted by molar-refractivity contribution is 0.102. The number of thioether (sulfide) groups is 1. The molecule has 1 N–H and O–H groups in total. The standard InChI is InChI=1S/C23H27NO3S/c25-23(21-9-3-4-10-22(21)28-16-20-8-5-15-26-20)24-17-11-13-19(14-12-17)27-18-6-1-2-7-18/h3-4,9-14,18,20H,1-2,5-8,15-16H2,(H,24,25). The first kappa shape index (κ1) is 19.3. The summed E-state index contributed by atoms with van der Waals surface area (Å²) in [5.41, 5.74) is 1.49. The Bertz CT molecular complexity index is 781. The summed E-state index contributed by atoms with van der Waals surface area (Å²) < 4.78 is 11.7. The van der Waals surface area contributed by atoms with Gasteiger partial charge in [0.2, 0.25) is 0 Å². The Hall–Kier alpha value is -1.98. The second kappa shape index (κ2) is 9.48. The Labute approximate surface area is 171 Å². The molecule has 0 radical (unpaired) electrons. The van der Waals surface area contributed by atoms with E-state index in [0.29, 0.717) is 17.8 Å². The van der Waals surface area contributed by atoms with Gasteiger partial charge in [0.05, 0.1) is 17.8 Å². The molecule has 1 unspecified atom stereocenters. The first-order valence-corrected chi connectivity index (χ1v) is 11.2. The second-order valence-corrected chi connectivity index (χ2v) is 8.51. The van der Waals surface area contributed by atoms with Crippen LogP contribution in [-0.2, 0) is 4.74 Å². The minimum Gasteiger partial charge on any atom is -0.490 e. The van der Waals surface area contributed by atoms with Gasteiger partial charge in [-0.15, -0.1) is 11.8 Å². The number of amides is 1. The third kappa shape index (κ3) is 5.09. The SMILES string of the molecule is O=C(Nc1ccc(OC2CCCC2)cc1)c1ccccc1SCC1CCCO1. The van der Waals surface area contributed by atoms with Crippen LogP contribution in [-0.4, -0.2) is 30.5 Å². The van der Waals surface area contributed by atoms with Crippen molar-refractivity contribution in [2.24, 2.45) is 0 Å². The molecular formula is C23H27NO3S. The van der Waals surface area contributed by atoms with E-state index >= 15 is 0 Å². The van der Waals surface area contributed by atoms with Crippen LogP contribution >= 0.6 is 11.8 Å². The van der Waals surface area contributed by atoms with E-state index in [1.54, 1.807) is 11.8 Å². The summed E-state index contributed by atoms with van der Waals surface area (Å²) in [4.78, 5) is 13.8. The summed E-state index contributed by atoms with van der Waals surface area (Å²) in [6, 6.07) is 15.5. The summed E-state index contributed by atoms with van der Waals surface area (Å²) in [7, 11) is 0. The maximum absolute atomic E-state index is 12.8. The molecule has 2 aromatic carbocycles. The van der Waals surface area contributed by atoms with E-state index in [0.717, 1.165) is 54.4 Å². The molecule has 2 aliphatic rings. The Morgan fingerprint density at radius 2 is 1.82 bits per heavy atom. The Morgan fingerprint density at radius 1 is 1.04 bits per heavy atom. The fourth-order valence-corrected chi connectivity index (χ4v) is 4.87. The highest BCUT2D eigenvalue weighted by atomic mass is 32.2. The molecule has 148 valence electrons. The maximum Gasteiger partial charge on any atom is 0.256 e. The van der Waals surface area contributed by atoms with E-state index in [9.17, 15) is 4.79 Å². The van der Waals surface area contributed by atoms with Gasteiger partial charge in [-0.05, 0) is 74.9 Å². The molecular weight excluding hydrogens is 370 g/mol. The minimum absolute atomic E-state index is 0.0834. The first-order valence-electron chi connectivity index (χ1n) is 10.2. The average molecular weight is 398 g/mol. The Balaban J connectivity index is 1.36. The summed E-state index contributed by atoms with van der Waals surface area (Å²) in [6.45, 7) is 0.855. The Kier molecular flexibility index (Phi) is 6.55. The van der Waals surface area contributed by atoms with Crippen molar-refractivity contribution in [2.45, 2.75) is 55.6 Å². The van der Waals surface area contributed by atoms with E-state index in [1.165, 1.54) is 12.8 Å². The van der Waals surface area contributed by atoms with Crippen LogP contribution < -0.4 is 10.1 Å². The van der Waals surface area contributed by atoms with Crippen LogP contribution in [0.15, 0.2) is 53.4 Å². The van der Waals surface area contributed by atoms with Crippen LogP contribution in [0.2, 0.25) is 0 Å². The van der Waals surface area contributed by atoms with E-state index < -0.39 is 0 Å². The number of hydrogen-bond acceptors (Lipinski definition) is 4. The lowest BCUT2D eigenvalue weighted by Crippen LogP contribution is -2.14. The fraction of sp³-hybridized carbons (Fsp3) is 0.435. The van der Waals surface area contributed by atoms with Crippen molar-refractivity contribution < 1.29 is 14.3 Å². The molecule has 1 heterocycles. The molecule has 0 spiro atoms. The third-order valence-electron chi connectivity index (χ3n) is 5.30. The Morgan fingerprint density at radius 3 is 2.57 bits per heavy atom. The highest BCUT2D eigenvalue weighted by Gasteiger charge is 2.18. The van der Waals surface area contributed by atoms with Gasteiger partial charge in [-0.25, -0.2) is 0 Å². The van der Waals surface area contributed by atoms with E-state index in [4.69, 9.17) is 9.47 Å². The van der Waals surface area contributed by atoms with Crippen LogP contribution in [0.25, 0.3) is 0 Å². The molecule has 0 aromatic heterocycles. The van der Waals surface area contributed by atoms with Gasteiger partial charge < -0.3 is 14.8 Å². The summed E-state index contributed by atoms with van der Waals surface area (Å²) in [5, 5.41) is 3.01. The van der Waals surface area contributed by atoms with Gasteiger partial charge in [0.15, 0.2) is 0 Å². The molecule has 1 amide bonds. The number of anilines is 1. The first-order chi connectivity index (χ1) is 13.8. The van der Waals surface area contributed by atoms with Gasteiger partial charge in [-0.2, -0.15) is 0 Å². The minimum atomic E-state index is -0.0834. The van der Waals surface area contributed by atoms with Gasteiger partial charge in [-0.3, -0.25) is 4.79 Å². The van der Waals surface area contributed by atoms with Crippen molar-refractivity contribution in [1.29, 1.82) is 0 Å². The topological polar surface area (TPSA) is 47.6 Å². The van der Waals surface area contributed by atoms with Gasteiger partial charge in [0.25, 0.3) is 5.91 Å². The van der Waals surface area contributed by atoms with Crippen molar-refractivity contribution in [2.75, 3.05) is 17.7 Å². The second-order valence-electron chi connectivity index (χ2n) is 7.45. The van der Waals surface area contributed by atoms with Gasteiger partial charge in [0.1, 0.15) is 5.75 Å². The molecule has 0 bridgehead atoms. The largest absolute Gasteiger partial charge is 0.490 e. The molecule has 28 heavy (non-hydrogen) atoms. The quantitative estimate of drug-likeness (QED) is 0.624. The van der Waals surface area contributed by atoms with Crippen molar-refractivity contribution >= 4 is 23.4 Å². The molecule has 1 saturated carbocycles. The third-order valence-corrected chi connectivity index (χ3v) is 6.50. The molecule has 4 nitrogen and oxygen atoms in total. The van der Waals surface area contributed by atoms with Crippen LogP contribution in [0.4, 0.5) is 5.69 Å². The summed E-state index contributed by atoms with van der Waals surface area (Å²) in [6.07, 6.45) is 7.66. The van der Waals surface area contributed by atoms with E-state index in [-0.39, 0.29) is 5.91 Å². The predicted octanol–water partition coefficient (Wildman–Crippen LogP) is 5.53. The zero-order valence-electron chi connectivity index (χ0n) is 16.1. The summed E-state index contributed by atoms with van der Waals surface area (Å²) >= 11 is 1.70. The molecule has 2 fully saturated rings. The number of hydrogen-bond donors (Lipinski definition) is 1. The molecule has 1 aliphatic heterocycles. The molecule has 1 atom stereocenters. The monoisotopic (exact) mass is 397 g/mol. The summed E-state index contributed by atoms with van der Waals surface area (Å²) in [5.74, 6) is 1.68. The van der Waals surface area contributed by atoms with Gasteiger partial charge in [-0.1, -0.05) is 12.1 Å². The maximum atomic E-state index is 12.8. The van der Waals surface area contributed by atoms with Gasteiger partial charge >= 0.3 is 0 Å². The van der Waals surface area contributed by atoms with Crippen LogP contribution in [0.1, 0.15) is 48.9 Å². The lowest BCUT2D eigenvalue weighted by atomic mass is 10.2. The molecule has 1 saturated heterocycles. The van der Waals surface area contributed by atoms with Crippen molar-refractivity contribution in [3.8, 4) is 5.75 Å². The predicted molar refractivity (Wildman–Crippen MR) is 113 cm³/mol. The zero-order valence-corrected chi connectivity index (χ0v) is 16.9. The van der Waals surface area contributed by atoms with Crippen molar-refractivity contribution in [3.63, 3.8) is 0 Å². The smallest absolute Gasteiger partial charge is 0.256 e. The van der Waals surface area contributed by atoms with E-state index in [1.807, 2.05) is 48.5 Å². The normalized spacial score (nSPS) is 19.6. The zero-order chi connectivity index (χ0) is 19.2. The molecule has 2 aromatic rings. The number of ether oxygens (including phenoxy) is 2. The van der Waals surface area contributed by atoms with Crippen molar-refractivity contribution in [3.05, 3.63) is 54.1 Å². The number of nitrogens with one attached hydrogen (secondary N) is 1. The fourth-order valence-electron chi connectivity index (χ4n) is 3.75. The van der Waals surface area contributed by atoms with Crippen molar-refractivity contribution in [1.82, 2.24) is 0 Å². The van der Waals surface area contributed by atoms with Crippen LogP contribution in [0, 0.1) is 0 Å². The number of benzene rings is 2. The highest BCUT2D eigenvalue weighted by Crippen LogP contribution is 2.28. The lowest BCUT2D eigenvalue weighted by Gasteiger charge is -2.14. The average Bonchev–Trinajstić information content (AvgIpc) is 3.42. The van der Waals surface area contributed by atoms with Crippen LogP contribution in [0.3, 0.4) is 0 Å². The molecule has 1 aliphatic carbocycles. The molecule has 5 heteroatoms. The van der Waals surface area contributed by atoms with Gasteiger partial charge in [0, 0.05) is 22.9 Å². The number of carbonyl (C=O) groups is 1. The van der Waals surface area contributed by atoms with E-state index in [2.05, 4.69) is 5.32 Å². The molecule has 4 rings (SSSR count). The highest BCUT2D eigenvalue weighted by molar-refractivity contribution is 7.99.